The fourth-order valence-corrected chi connectivity index (χ4v) is 2.26. The second kappa shape index (κ2) is 4.46. The molecule has 0 amide bonds. The van der Waals surface area contributed by atoms with Crippen molar-refractivity contribution in [2.45, 2.75) is 24.8 Å². The molecule has 1 saturated heterocycles. The Kier molecular flexibility index (Phi) is 3.03. The number of benzene rings is 1. The molecule has 2 heteroatoms. The van der Waals surface area contributed by atoms with Crippen molar-refractivity contribution < 1.29 is 0 Å². The Morgan fingerprint density at radius 3 is 2.73 bits per heavy atom. The zero-order valence-electron chi connectivity index (χ0n) is 9.06. The summed E-state index contributed by atoms with van der Waals surface area (Å²) < 4.78 is 0. The molecule has 0 aromatic heterocycles. The van der Waals surface area contributed by atoms with Crippen LogP contribution in [0.1, 0.15) is 24.3 Å². The van der Waals surface area contributed by atoms with E-state index in [9.17, 15) is 0 Å². The van der Waals surface area contributed by atoms with Gasteiger partial charge in [0.25, 0.3) is 0 Å². The molecule has 2 nitrogen and oxygen atoms in total. The molecule has 1 aliphatic heterocycles. The summed E-state index contributed by atoms with van der Waals surface area (Å²) in [6.07, 6.45) is 2.13. The molecule has 2 unspecified atom stereocenters. The third kappa shape index (κ3) is 2.19. The van der Waals surface area contributed by atoms with Crippen molar-refractivity contribution in [3.8, 4) is 6.07 Å². The molecule has 1 aliphatic rings. The van der Waals surface area contributed by atoms with E-state index in [4.69, 9.17) is 5.26 Å². The summed E-state index contributed by atoms with van der Waals surface area (Å²) in [5.74, 6) is 0.562. The highest BCUT2D eigenvalue weighted by atomic mass is 15.1. The molecular formula is C13H16N2. The molecule has 0 N–H and O–H groups in total. The van der Waals surface area contributed by atoms with Gasteiger partial charge in [-0.2, -0.15) is 5.26 Å². The van der Waals surface area contributed by atoms with Gasteiger partial charge in [-0.1, -0.05) is 30.3 Å². The number of nitriles is 1. The van der Waals surface area contributed by atoms with Crippen LogP contribution in [0.25, 0.3) is 0 Å². The number of piperidine rings is 1. The maximum absolute atomic E-state index is 9.03. The van der Waals surface area contributed by atoms with Crippen molar-refractivity contribution in [3.05, 3.63) is 35.9 Å². The van der Waals surface area contributed by atoms with Crippen molar-refractivity contribution in [2.75, 3.05) is 13.6 Å². The second-order valence-corrected chi connectivity index (χ2v) is 4.26. The van der Waals surface area contributed by atoms with E-state index >= 15 is 0 Å². The highest BCUT2D eigenvalue weighted by Crippen LogP contribution is 2.30. The maximum Gasteiger partial charge on any atom is 0.0981 e. The largest absolute Gasteiger partial charge is 0.291 e. The van der Waals surface area contributed by atoms with Crippen molar-refractivity contribution in [1.82, 2.24) is 4.90 Å². The lowest BCUT2D eigenvalue weighted by atomic mass is 9.86. The second-order valence-electron chi connectivity index (χ2n) is 4.26. The summed E-state index contributed by atoms with van der Waals surface area (Å²) in [7, 11) is 2.04. The molecule has 78 valence electrons. The molecule has 1 aromatic carbocycles. The molecule has 0 saturated carbocycles. The van der Waals surface area contributed by atoms with Crippen LogP contribution < -0.4 is 0 Å². The highest BCUT2D eigenvalue weighted by Gasteiger charge is 2.26. The van der Waals surface area contributed by atoms with Gasteiger partial charge in [-0.05, 0) is 37.9 Å². The topological polar surface area (TPSA) is 27.0 Å². The van der Waals surface area contributed by atoms with E-state index in [0.29, 0.717) is 5.92 Å². The minimum atomic E-state index is 0.0870. The van der Waals surface area contributed by atoms with Crippen LogP contribution in [0.5, 0.6) is 0 Å². The number of rotatable bonds is 1. The molecule has 15 heavy (non-hydrogen) atoms. The Morgan fingerprint density at radius 2 is 2.07 bits per heavy atom. The zero-order chi connectivity index (χ0) is 10.7. The van der Waals surface area contributed by atoms with Crippen LogP contribution in [0.2, 0.25) is 0 Å². The summed E-state index contributed by atoms with van der Waals surface area (Å²) in [6.45, 7) is 1.03. The molecule has 0 spiro atoms. The minimum absolute atomic E-state index is 0.0870. The summed E-state index contributed by atoms with van der Waals surface area (Å²) in [5.41, 5.74) is 1.38. The molecule has 1 heterocycles. The van der Waals surface area contributed by atoms with E-state index in [1.165, 1.54) is 12.0 Å². The molecule has 2 atom stereocenters. The smallest absolute Gasteiger partial charge is 0.0981 e. The van der Waals surface area contributed by atoms with Gasteiger partial charge in [0.2, 0.25) is 0 Å². The van der Waals surface area contributed by atoms with Gasteiger partial charge in [-0.25, -0.2) is 0 Å². The van der Waals surface area contributed by atoms with E-state index in [1.807, 2.05) is 13.1 Å². The fourth-order valence-electron chi connectivity index (χ4n) is 2.26. The Bertz CT molecular complexity index is 353. The van der Waals surface area contributed by atoms with Crippen molar-refractivity contribution in [3.63, 3.8) is 0 Å². The molecular weight excluding hydrogens is 184 g/mol. The Hall–Kier alpha value is -1.33. The normalized spacial score (nSPS) is 27.2. The number of hydrogen-bond acceptors (Lipinski definition) is 2. The summed E-state index contributed by atoms with van der Waals surface area (Å²) in [4.78, 5) is 2.15. The molecule has 0 radical (unpaired) electrons. The van der Waals surface area contributed by atoms with Crippen LogP contribution in [0.15, 0.2) is 30.3 Å². The Labute approximate surface area is 91.1 Å². The SMILES string of the molecule is CN1CCC(c2ccccc2)CC1C#N. The van der Waals surface area contributed by atoms with E-state index in [-0.39, 0.29) is 6.04 Å². The van der Waals surface area contributed by atoms with Crippen molar-refractivity contribution in [1.29, 1.82) is 5.26 Å². The van der Waals surface area contributed by atoms with Gasteiger partial charge >= 0.3 is 0 Å². The standard InChI is InChI=1S/C13H16N2/c1-15-8-7-12(9-13(15)10-14)11-5-3-2-4-6-11/h2-6,12-13H,7-9H2,1H3. The van der Waals surface area contributed by atoms with E-state index < -0.39 is 0 Å². The van der Waals surface area contributed by atoms with Gasteiger partial charge in [-0.15, -0.1) is 0 Å². The van der Waals surface area contributed by atoms with Crippen LogP contribution in [0.4, 0.5) is 0 Å². The zero-order valence-corrected chi connectivity index (χ0v) is 9.06. The summed E-state index contributed by atoms with van der Waals surface area (Å²) >= 11 is 0. The predicted octanol–water partition coefficient (Wildman–Crippen LogP) is 2.39. The average molecular weight is 200 g/mol. The van der Waals surface area contributed by atoms with Crippen LogP contribution >= 0.6 is 0 Å². The van der Waals surface area contributed by atoms with Gasteiger partial charge < -0.3 is 0 Å². The summed E-state index contributed by atoms with van der Waals surface area (Å²) in [5, 5.41) is 9.03. The average Bonchev–Trinajstić information content (AvgIpc) is 2.31. The molecule has 0 aliphatic carbocycles. The first-order valence-electron chi connectivity index (χ1n) is 5.46. The van der Waals surface area contributed by atoms with Crippen LogP contribution in [0.3, 0.4) is 0 Å². The molecule has 1 fully saturated rings. The highest BCUT2D eigenvalue weighted by molar-refractivity contribution is 5.21. The Morgan fingerprint density at radius 1 is 1.33 bits per heavy atom. The quantitative estimate of drug-likeness (QED) is 0.696. The Balaban J connectivity index is 2.10. The van der Waals surface area contributed by atoms with Crippen molar-refractivity contribution in [2.24, 2.45) is 0 Å². The maximum atomic E-state index is 9.03. The van der Waals surface area contributed by atoms with Crippen LogP contribution in [-0.2, 0) is 0 Å². The van der Waals surface area contributed by atoms with Gasteiger partial charge in [0.15, 0.2) is 0 Å². The van der Waals surface area contributed by atoms with Crippen molar-refractivity contribution >= 4 is 0 Å². The van der Waals surface area contributed by atoms with Gasteiger partial charge in [0.1, 0.15) is 0 Å². The van der Waals surface area contributed by atoms with Gasteiger partial charge in [0, 0.05) is 0 Å². The van der Waals surface area contributed by atoms with Gasteiger partial charge in [-0.3, -0.25) is 4.90 Å². The van der Waals surface area contributed by atoms with Crippen LogP contribution in [0, 0.1) is 11.3 Å². The van der Waals surface area contributed by atoms with Crippen LogP contribution in [-0.4, -0.2) is 24.5 Å². The third-order valence-corrected chi connectivity index (χ3v) is 3.29. The summed E-state index contributed by atoms with van der Waals surface area (Å²) in [6, 6.07) is 13.0. The first-order valence-corrected chi connectivity index (χ1v) is 5.46. The van der Waals surface area contributed by atoms with Gasteiger partial charge in [0.05, 0.1) is 12.1 Å². The molecule has 2 rings (SSSR count). The number of nitrogens with zero attached hydrogens (tertiary/aromatic N) is 2. The first kappa shape index (κ1) is 10.2. The monoisotopic (exact) mass is 200 g/mol. The predicted molar refractivity (Wildman–Crippen MR) is 60.4 cm³/mol. The number of likely N-dealkylation sites (tertiary alicyclic amines) is 1. The van der Waals surface area contributed by atoms with E-state index in [0.717, 1.165) is 13.0 Å². The number of hydrogen-bond donors (Lipinski definition) is 0. The lowest BCUT2D eigenvalue weighted by molar-refractivity contribution is 0.208. The van der Waals surface area contributed by atoms with E-state index in [1.54, 1.807) is 0 Å². The fraction of sp³-hybridized carbons (Fsp3) is 0.462. The lowest BCUT2D eigenvalue weighted by Crippen LogP contribution is -2.38. The van der Waals surface area contributed by atoms with E-state index in [2.05, 4.69) is 35.2 Å². The molecule has 1 aromatic rings. The third-order valence-electron chi connectivity index (χ3n) is 3.29. The minimum Gasteiger partial charge on any atom is -0.291 e. The lowest BCUT2D eigenvalue weighted by Gasteiger charge is -2.33. The molecule has 0 bridgehead atoms. The first-order chi connectivity index (χ1) is 7.31.